The minimum Gasteiger partial charge on any atom is -0.494 e. The second-order valence-electron chi connectivity index (χ2n) is 4.98. The van der Waals surface area contributed by atoms with Crippen molar-refractivity contribution >= 4 is 17.5 Å². The van der Waals surface area contributed by atoms with Crippen LogP contribution in [-0.2, 0) is 4.79 Å². The highest BCUT2D eigenvalue weighted by Gasteiger charge is 2.03. The molecule has 0 heterocycles. The molecule has 3 N–H and O–H groups in total. The molecule has 0 aliphatic carbocycles. The van der Waals surface area contributed by atoms with E-state index in [1.165, 1.54) is 0 Å². The van der Waals surface area contributed by atoms with E-state index in [2.05, 4.69) is 5.32 Å². The number of nitrogens with two attached hydrogens (primary N) is 1. The highest BCUT2D eigenvalue weighted by atomic mass is 35.5. The van der Waals surface area contributed by atoms with E-state index in [4.69, 9.17) is 22.1 Å². The smallest absolute Gasteiger partial charge is 0.220 e. The normalized spacial score (nSPS) is 12.0. The van der Waals surface area contributed by atoms with Crippen molar-refractivity contribution in [2.75, 3.05) is 13.2 Å². The Morgan fingerprint density at radius 2 is 2.25 bits per heavy atom. The van der Waals surface area contributed by atoms with Gasteiger partial charge in [0, 0.05) is 24.0 Å². The van der Waals surface area contributed by atoms with Gasteiger partial charge in [-0.05, 0) is 50.5 Å². The Labute approximate surface area is 125 Å². The average molecular weight is 299 g/mol. The van der Waals surface area contributed by atoms with Gasteiger partial charge in [-0.1, -0.05) is 11.6 Å². The molecule has 1 amide bonds. The third-order valence-corrected chi connectivity index (χ3v) is 3.29. The van der Waals surface area contributed by atoms with Crippen molar-refractivity contribution in [2.45, 2.75) is 39.2 Å². The number of carbonyl (C=O) groups is 1. The van der Waals surface area contributed by atoms with E-state index in [0.717, 1.165) is 22.8 Å². The predicted molar refractivity (Wildman–Crippen MR) is 82.2 cm³/mol. The van der Waals surface area contributed by atoms with E-state index in [1.807, 2.05) is 32.0 Å². The Morgan fingerprint density at radius 3 is 2.90 bits per heavy atom. The molecular formula is C15H23ClN2O2. The molecule has 1 rings (SSSR count). The molecule has 0 saturated carbocycles. The molecule has 0 aromatic heterocycles. The zero-order valence-electron chi connectivity index (χ0n) is 12.1. The summed E-state index contributed by atoms with van der Waals surface area (Å²) in [6.45, 7) is 5.00. The Balaban J connectivity index is 2.15. The van der Waals surface area contributed by atoms with Crippen LogP contribution in [0.25, 0.3) is 0 Å². The summed E-state index contributed by atoms with van der Waals surface area (Å²) < 4.78 is 5.58. The number of rotatable bonds is 8. The van der Waals surface area contributed by atoms with Crippen LogP contribution in [0.5, 0.6) is 5.75 Å². The first kappa shape index (κ1) is 16.8. The van der Waals surface area contributed by atoms with Crippen LogP contribution in [0.2, 0.25) is 5.02 Å². The summed E-state index contributed by atoms with van der Waals surface area (Å²) in [5.41, 5.74) is 6.59. The summed E-state index contributed by atoms with van der Waals surface area (Å²) in [7, 11) is 0. The molecule has 1 unspecified atom stereocenters. The summed E-state index contributed by atoms with van der Waals surface area (Å²) in [5, 5.41) is 3.56. The lowest BCUT2D eigenvalue weighted by atomic mass is 10.2. The molecule has 0 radical (unpaired) electrons. The summed E-state index contributed by atoms with van der Waals surface area (Å²) in [6, 6.07) is 5.66. The van der Waals surface area contributed by atoms with Crippen molar-refractivity contribution in [1.82, 2.24) is 5.32 Å². The lowest BCUT2D eigenvalue weighted by Gasteiger charge is -2.09. The van der Waals surface area contributed by atoms with E-state index >= 15 is 0 Å². The Morgan fingerprint density at radius 1 is 1.50 bits per heavy atom. The topological polar surface area (TPSA) is 64.3 Å². The van der Waals surface area contributed by atoms with E-state index in [9.17, 15) is 4.79 Å². The fourth-order valence-corrected chi connectivity index (χ4v) is 1.77. The fourth-order valence-electron chi connectivity index (χ4n) is 1.66. The molecule has 0 bridgehead atoms. The van der Waals surface area contributed by atoms with Crippen molar-refractivity contribution < 1.29 is 9.53 Å². The lowest BCUT2D eigenvalue weighted by molar-refractivity contribution is -0.121. The summed E-state index contributed by atoms with van der Waals surface area (Å²) >= 11 is 5.94. The van der Waals surface area contributed by atoms with Crippen molar-refractivity contribution in [1.29, 1.82) is 0 Å². The van der Waals surface area contributed by atoms with Gasteiger partial charge in [0.05, 0.1) is 6.61 Å². The summed E-state index contributed by atoms with van der Waals surface area (Å²) in [4.78, 5) is 11.5. The first-order valence-electron chi connectivity index (χ1n) is 6.90. The first-order chi connectivity index (χ1) is 9.49. The Kier molecular flexibility index (Phi) is 7.41. The molecular weight excluding hydrogens is 276 g/mol. The molecule has 1 aromatic rings. The maximum atomic E-state index is 11.5. The quantitative estimate of drug-likeness (QED) is 0.725. The first-order valence-corrected chi connectivity index (χ1v) is 7.28. The van der Waals surface area contributed by atoms with Gasteiger partial charge in [0.2, 0.25) is 5.91 Å². The van der Waals surface area contributed by atoms with Crippen LogP contribution in [0.1, 0.15) is 31.7 Å². The van der Waals surface area contributed by atoms with E-state index in [-0.39, 0.29) is 11.9 Å². The van der Waals surface area contributed by atoms with E-state index in [0.29, 0.717) is 26.0 Å². The standard InChI is InChI=1S/C15H23ClN2O2/c1-11-10-13(5-6-14(11)16)20-9-3-4-15(19)18-8-7-12(2)17/h5-6,10,12H,3-4,7-9,17H2,1-2H3,(H,18,19). The van der Waals surface area contributed by atoms with Crippen LogP contribution in [0.15, 0.2) is 18.2 Å². The van der Waals surface area contributed by atoms with Crippen molar-refractivity contribution in [2.24, 2.45) is 5.73 Å². The summed E-state index contributed by atoms with van der Waals surface area (Å²) in [5.74, 6) is 0.825. The van der Waals surface area contributed by atoms with Crippen LogP contribution in [-0.4, -0.2) is 25.1 Å². The molecule has 0 saturated heterocycles. The number of hydrogen-bond acceptors (Lipinski definition) is 3. The third-order valence-electron chi connectivity index (χ3n) is 2.87. The Bertz CT molecular complexity index is 436. The van der Waals surface area contributed by atoms with Gasteiger partial charge in [0.25, 0.3) is 0 Å². The molecule has 0 fully saturated rings. The molecule has 112 valence electrons. The number of benzene rings is 1. The highest BCUT2D eigenvalue weighted by Crippen LogP contribution is 2.21. The van der Waals surface area contributed by atoms with Crippen LogP contribution < -0.4 is 15.8 Å². The average Bonchev–Trinajstić information content (AvgIpc) is 2.38. The molecule has 0 aliphatic rings. The fraction of sp³-hybridized carbons (Fsp3) is 0.533. The van der Waals surface area contributed by atoms with Gasteiger partial charge >= 0.3 is 0 Å². The second kappa shape index (κ2) is 8.82. The van der Waals surface area contributed by atoms with Gasteiger partial charge in [0.15, 0.2) is 0 Å². The molecule has 0 spiro atoms. The van der Waals surface area contributed by atoms with Gasteiger partial charge in [-0.25, -0.2) is 0 Å². The number of aryl methyl sites for hydroxylation is 1. The molecule has 0 aliphatic heterocycles. The van der Waals surface area contributed by atoms with Gasteiger partial charge in [-0.2, -0.15) is 0 Å². The largest absolute Gasteiger partial charge is 0.494 e. The minimum atomic E-state index is 0.0431. The minimum absolute atomic E-state index is 0.0431. The third kappa shape index (κ3) is 6.78. The van der Waals surface area contributed by atoms with Crippen molar-refractivity contribution in [3.05, 3.63) is 28.8 Å². The number of halogens is 1. The number of carbonyl (C=O) groups excluding carboxylic acids is 1. The van der Waals surface area contributed by atoms with Crippen LogP contribution in [0.4, 0.5) is 0 Å². The zero-order valence-corrected chi connectivity index (χ0v) is 12.9. The van der Waals surface area contributed by atoms with Crippen LogP contribution in [0.3, 0.4) is 0 Å². The van der Waals surface area contributed by atoms with Crippen LogP contribution >= 0.6 is 11.6 Å². The summed E-state index contributed by atoms with van der Waals surface area (Å²) in [6.07, 6.45) is 1.95. The monoisotopic (exact) mass is 298 g/mol. The SMILES string of the molecule is Cc1cc(OCCCC(=O)NCCC(C)N)ccc1Cl. The van der Waals surface area contributed by atoms with Crippen molar-refractivity contribution in [3.8, 4) is 5.75 Å². The van der Waals surface area contributed by atoms with Gasteiger partial charge in [-0.15, -0.1) is 0 Å². The zero-order chi connectivity index (χ0) is 15.0. The Hall–Kier alpha value is -1.26. The van der Waals surface area contributed by atoms with Crippen LogP contribution in [0, 0.1) is 6.92 Å². The molecule has 20 heavy (non-hydrogen) atoms. The molecule has 4 nitrogen and oxygen atoms in total. The van der Waals surface area contributed by atoms with Gasteiger partial charge in [0.1, 0.15) is 5.75 Å². The number of nitrogens with one attached hydrogen (secondary N) is 1. The molecule has 1 atom stereocenters. The predicted octanol–water partition coefficient (Wildman–Crippen LogP) is 2.66. The second-order valence-corrected chi connectivity index (χ2v) is 5.39. The highest BCUT2D eigenvalue weighted by molar-refractivity contribution is 6.31. The number of ether oxygens (including phenoxy) is 1. The molecule has 1 aromatic carbocycles. The van der Waals surface area contributed by atoms with E-state index < -0.39 is 0 Å². The lowest BCUT2D eigenvalue weighted by Crippen LogP contribution is -2.28. The van der Waals surface area contributed by atoms with Crippen molar-refractivity contribution in [3.63, 3.8) is 0 Å². The molecule has 5 heteroatoms. The number of hydrogen-bond donors (Lipinski definition) is 2. The number of amides is 1. The maximum Gasteiger partial charge on any atom is 0.220 e. The van der Waals surface area contributed by atoms with Gasteiger partial charge < -0.3 is 15.8 Å². The van der Waals surface area contributed by atoms with E-state index in [1.54, 1.807) is 0 Å². The maximum absolute atomic E-state index is 11.5. The van der Waals surface area contributed by atoms with Gasteiger partial charge in [-0.3, -0.25) is 4.79 Å².